The molecule has 1 N–H and O–H groups in total. The number of nitrogens with zero attached hydrogens (tertiary/aromatic N) is 1. The minimum absolute atomic E-state index is 0.0191. The molecule has 2 nitrogen and oxygen atoms in total. The maximum Gasteiger partial charge on any atom is 0.0781 e. The Bertz CT molecular complexity index is 321. The fraction of sp³-hybridized carbons (Fsp3) is 0.933. The van der Waals surface area contributed by atoms with E-state index in [0.717, 1.165) is 24.2 Å². The van der Waals surface area contributed by atoms with Crippen molar-refractivity contribution < 1.29 is 5.11 Å². The van der Waals surface area contributed by atoms with Crippen LogP contribution in [0.25, 0.3) is 0 Å². The van der Waals surface area contributed by atoms with Crippen molar-refractivity contribution in [1.82, 2.24) is 0 Å². The lowest BCUT2D eigenvalue weighted by Crippen LogP contribution is -2.48. The summed E-state index contributed by atoms with van der Waals surface area (Å²) >= 11 is 0. The summed E-state index contributed by atoms with van der Waals surface area (Å²) in [6, 6.07) is 2.35. The third-order valence-electron chi connectivity index (χ3n) is 5.55. The van der Waals surface area contributed by atoms with Crippen LogP contribution >= 0.6 is 0 Å². The third kappa shape index (κ3) is 1.89. The molecule has 4 saturated carbocycles. The van der Waals surface area contributed by atoms with Gasteiger partial charge in [0, 0.05) is 0 Å². The van der Waals surface area contributed by atoms with Gasteiger partial charge in [-0.3, -0.25) is 0 Å². The molecule has 4 aliphatic carbocycles. The summed E-state index contributed by atoms with van der Waals surface area (Å²) in [5.74, 6) is 2.80. The van der Waals surface area contributed by atoms with Crippen LogP contribution in [0.3, 0.4) is 0 Å². The summed E-state index contributed by atoms with van der Waals surface area (Å²) < 4.78 is 0. The molecule has 1 unspecified atom stereocenters. The van der Waals surface area contributed by atoms with Crippen molar-refractivity contribution in [3.8, 4) is 6.07 Å². The zero-order chi connectivity index (χ0) is 12.1. The molecule has 2 heteroatoms. The van der Waals surface area contributed by atoms with Crippen LogP contribution in [0.5, 0.6) is 0 Å². The Balaban J connectivity index is 1.81. The number of aliphatic hydroxyl groups excluding tert-OH is 1. The van der Waals surface area contributed by atoms with E-state index in [1.54, 1.807) is 0 Å². The highest BCUT2D eigenvalue weighted by Crippen LogP contribution is 2.62. The van der Waals surface area contributed by atoms with Gasteiger partial charge in [0.05, 0.1) is 18.1 Å². The number of nitriles is 1. The fourth-order valence-corrected chi connectivity index (χ4v) is 5.46. The maximum absolute atomic E-state index is 9.46. The van der Waals surface area contributed by atoms with E-state index in [1.807, 2.05) is 6.92 Å². The molecule has 4 rings (SSSR count). The molecule has 0 radical (unpaired) electrons. The molecule has 0 aromatic rings. The molecule has 0 aliphatic heterocycles. The highest BCUT2D eigenvalue weighted by atomic mass is 16.3. The van der Waals surface area contributed by atoms with Gasteiger partial charge >= 0.3 is 0 Å². The second-order valence-electron chi connectivity index (χ2n) is 7.42. The van der Waals surface area contributed by atoms with Gasteiger partial charge in [0.1, 0.15) is 0 Å². The van der Waals surface area contributed by atoms with E-state index in [-0.39, 0.29) is 6.61 Å². The second kappa shape index (κ2) is 3.72. The lowest BCUT2D eigenvalue weighted by molar-refractivity contribution is -0.0748. The summed E-state index contributed by atoms with van der Waals surface area (Å²) in [5, 5.41) is 18.7. The van der Waals surface area contributed by atoms with Gasteiger partial charge < -0.3 is 5.11 Å². The van der Waals surface area contributed by atoms with E-state index in [1.165, 1.54) is 38.5 Å². The maximum atomic E-state index is 9.46. The lowest BCUT2D eigenvalue weighted by atomic mass is 9.47. The molecule has 0 heterocycles. The van der Waals surface area contributed by atoms with Gasteiger partial charge in [-0.2, -0.15) is 5.26 Å². The Morgan fingerprint density at radius 1 is 1.18 bits per heavy atom. The summed E-state index contributed by atoms with van der Waals surface area (Å²) in [6.45, 7) is 1.96. The van der Waals surface area contributed by atoms with Crippen molar-refractivity contribution in [2.45, 2.75) is 51.9 Å². The van der Waals surface area contributed by atoms with Crippen molar-refractivity contribution in [2.24, 2.45) is 28.6 Å². The quantitative estimate of drug-likeness (QED) is 0.814. The first-order valence-corrected chi connectivity index (χ1v) is 7.09. The first kappa shape index (κ1) is 11.5. The molecule has 0 saturated heterocycles. The van der Waals surface area contributed by atoms with Crippen molar-refractivity contribution in [2.75, 3.05) is 6.61 Å². The van der Waals surface area contributed by atoms with Crippen molar-refractivity contribution >= 4 is 0 Å². The average Bonchev–Trinajstić information content (AvgIpc) is 2.26. The molecule has 4 fully saturated rings. The van der Waals surface area contributed by atoms with Gasteiger partial charge in [0.25, 0.3) is 0 Å². The summed E-state index contributed by atoms with van der Waals surface area (Å²) in [4.78, 5) is 0. The Hall–Kier alpha value is -0.550. The van der Waals surface area contributed by atoms with Gasteiger partial charge in [0.2, 0.25) is 0 Å². The largest absolute Gasteiger partial charge is 0.395 e. The van der Waals surface area contributed by atoms with Crippen LogP contribution in [-0.4, -0.2) is 11.7 Å². The monoisotopic (exact) mass is 233 g/mol. The van der Waals surface area contributed by atoms with Crippen LogP contribution in [-0.2, 0) is 0 Å². The van der Waals surface area contributed by atoms with Gasteiger partial charge in [0.15, 0.2) is 0 Å². The predicted molar refractivity (Wildman–Crippen MR) is 66.0 cm³/mol. The summed E-state index contributed by atoms with van der Waals surface area (Å²) in [5.41, 5.74) is -0.104. The average molecular weight is 233 g/mol. The summed E-state index contributed by atoms with van der Waals surface area (Å²) in [6.07, 6.45) is 9.25. The number of hydrogen-bond acceptors (Lipinski definition) is 2. The van der Waals surface area contributed by atoms with Gasteiger partial charge in [-0.1, -0.05) is 0 Å². The van der Waals surface area contributed by atoms with E-state index in [9.17, 15) is 10.4 Å². The minimum atomic E-state index is -0.508. The normalized spacial score (nSPS) is 46.5. The zero-order valence-corrected chi connectivity index (χ0v) is 10.8. The molecule has 0 spiro atoms. The highest BCUT2D eigenvalue weighted by Gasteiger charge is 2.52. The molecule has 4 aliphatic rings. The molecule has 94 valence electrons. The first-order valence-electron chi connectivity index (χ1n) is 7.09. The molecule has 1 atom stereocenters. The fourth-order valence-electron chi connectivity index (χ4n) is 5.46. The predicted octanol–water partition coefficient (Wildman–Crippen LogP) is 3.12. The summed E-state index contributed by atoms with van der Waals surface area (Å²) in [7, 11) is 0. The van der Waals surface area contributed by atoms with Gasteiger partial charge in [-0.05, 0) is 75.0 Å². The zero-order valence-electron chi connectivity index (χ0n) is 10.8. The smallest absolute Gasteiger partial charge is 0.0781 e. The van der Waals surface area contributed by atoms with Crippen LogP contribution in [0.15, 0.2) is 0 Å². The molecule has 17 heavy (non-hydrogen) atoms. The van der Waals surface area contributed by atoms with Crippen LogP contribution in [0, 0.1) is 39.9 Å². The van der Waals surface area contributed by atoms with E-state index in [4.69, 9.17) is 0 Å². The Kier molecular flexibility index (Phi) is 2.52. The Morgan fingerprint density at radius 2 is 1.65 bits per heavy atom. The number of aliphatic hydroxyl groups is 1. The first-order chi connectivity index (χ1) is 8.06. The minimum Gasteiger partial charge on any atom is -0.395 e. The number of rotatable bonds is 3. The van der Waals surface area contributed by atoms with E-state index in [0.29, 0.717) is 5.41 Å². The van der Waals surface area contributed by atoms with Crippen LogP contribution in [0.4, 0.5) is 0 Å². The van der Waals surface area contributed by atoms with Gasteiger partial charge in [-0.15, -0.1) is 0 Å². The Labute approximate surface area is 104 Å². The van der Waals surface area contributed by atoms with E-state index >= 15 is 0 Å². The second-order valence-corrected chi connectivity index (χ2v) is 7.42. The molecule has 0 aromatic carbocycles. The van der Waals surface area contributed by atoms with Crippen LogP contribution < -0.4 is 0 Å². The van der Waals surface area contributed by atoms with E-state index in [2.05, 4.69) is 6.07 Å². The van der Waals surface area contributed by atoms with Crippen molar-refractivity contribution in [3.63, 3.8) is 0 Å². The third-order valence-corrected chi connectivity index (χ3v) is 5.55. The van der Waals surface area contributed by atoms with Crippen LogP contribution in [0.1, 0.15) is 51.9 Å². The number of hydrogen-bond donors (Lipinski definition) is 1. The molecular weight excluding hydrogens is 210 g/mol. The van der Waals surface area contributed by atoms with Gasteiger partial charge in [-0.25, -0.2) is 0 Å². The standard InChI is InChI=1S/C15H23NO/c1-14(9-16,10-17)8-15-5-11-2-12(6-15)4-13(3-11)7-15/h11-13,17H,2-8,10H2,1H3. The van der Waals surface area contributed by atoms with Crippen molar-refractivity contribution in [1.29, 1.82) is 5.26 Å². The molecule has 0 aromatic heterocycles. The highest BCUT2D eigenvalue weighted by molar-refractivity contribution is 5.07. The molecule has 4 bridgehead atoms. The van der Waals surface area contributed by atoms with Crippen molar-refractivity contribution in [3.05, 3.63) is 0 Å². The molecule has 0 amide bonds. The molecular formula is C15H23NO. The topological polar surface area (TPSA) is 44.0 Å². The van der Waals surface area contributed by atoms with E-state index < -0.39 is 5.41 Å². The SMILES string of the molecule is CC(C#N)(CO)CC12CC3CC(CC(C3)C1)C2. The Morgan fingerprint density at radius 3 is 2.00 bits per heavy atom. The van der Waals surface area contributed by atoms with Crippen LogP contribution in [0.2, 0.25) is 0 Å². The lowest BCUT2D eigenvalue weighted by Gasteiger charge is -2.58.